The van der Waals surface area contributed by atoms with Crippen molar-refractivity contribution in [1.29, 1.82) is 0 Å². The minimum Gasteiger partial charge on any atom is -0.490 e. The summed E-state index contributed by atoms with van der Waals surface area (Å²) in [5, 5.41) is 0. The number of sulfonamides is 1. The number of ether oxygens (including phenoxy) is 2. The van der Waals surface area contributed by atoms with Crippen LogP contribution in [0, 0.1) is 5.82 Å². The Morgan fingerprint density at radius 3 is 2.38 bits per heavy atom. The van der Waals surface area contributed by atoms with Crippen molar-refractivity contribution in [3.8, 4) is 11.5 Å². The fourth-order valence-corrected chi connectivity index (χ4v) is 4.02. The molecule has 5 nitrogen and oxygen atoms in total. The zero-order valence-corrected chi connectivity index (χ0v) is 14.1. The summed E-state index contributed by atoms with van der Waals surface area (Å²) in [6.45, 7) is 2.97. The van der Waals surface area contributed by atoms with Crippen molar-refractivity contribution in [2.45, 2.75) is 18.2 Å². The van der Waals surface area contributed by atoms with Crippen molar-refractivity contribution >= 4 is 15.7 Å². The highest BCUT2D eigenvalue weighted by Crippen LogP contribution is 2.33. The van der Waals surface area contributed by atoms with Gasteiger partial charge in [0.05, 0.1) is 23.8 Å². The SMILES string of the molecule is CCN(c1ccc(F)cc1)S(=O)(=O)c1ccc2c(c1)OCCCO2. The van der Waals surface area contributed by atoms with Gasteiger partial charge < -0.3 is 9.47 Å². The Labute approximate surface area is 140 Å². The van der Waals surface area contributed by atoms with E-state index in [-0.39, 0.29) is 11.4 Å². The van der Waals surface area contributed by atoms with Gasteiger partial charge in [0, 0.05) is 19.0 Å². The Kier molecular flexibility index (Phi) is 4.62. The molecule has 0 radical (unpaired) electrons. The Morgan fingerprint density at radius 2 is 1.71 bits per heavy atom. The lowest BCUT2D eigenvalue weighted by molar-refractivity contribution is 0.297. The molecule has 2 aromatic rings. The number of halogens is 1. The van der Waals surface area contributed by atoms with Gasteiger partial charge in [-0.2, -0.15) is 0 Å². The standard InChI is InChI=1S/C17H18FNO4S/c1-2-19(14-6-4-13(18)5-7-14)24(20,21)15-8-9-16-17(12-15)23-11-3-10-22-16/h4-9,12H,2-3,10-11H2,1H3. The van der Waals surface area contributed by atoms with E-state index in [0.29, 0.717) is 30.4 Å². The molecule has 1 aliphatic heterocycles. The third-order valence-electron chi connectivity index (χ3n) is 3.71. The van der Waals surface area contributed by atoms with Crippen LogP contribution in [0.5, 0.6) is 11.5 Å². The molecule has 0 fully saturated rings. The summed E-state index contributed by atoms with van der Waals surface area (Å²) < 4.78 is 51.3. The minimum atomic E-state index is -3.79. The van der Waals surface area contributed by atoms with Gasteiger partial charge in [0.2, 0.25) is 0 Å². The smallest absolute Gasteiger partial charge is 0.264 e. The normalized spacial score (nSPS) is 14.1. The van der Waals surface area contributed by atoms with Crippen molar-refractivity contribution in [1.82, 2.24) is 0 Å². The van der Waals surface area contributed by atoms with Crippen LogP contribution in [0.1, 0.15) is 13.3 Å². The average Bonchev–Trinajstić information content (AvgIpc) is 2.81. The summed E-state index contributed by atoms with van der Waals surface area (Å²) in [6.07, 6.45) is 0.743. The molecule has 0 N–H and O–H groups in total. The molecule has 0 saturated carbocycles. The predicted molar refractivity (Wildman–Crippen MR) is 88.7 cm³/mol. The van der Waals surface area contributed by atoms with Gasteiger partial charge in [-0.25, -0.2) is 12.8 Å². The fourth-order valence-electron chi connectivity index (χ4n) is 2.53. The number of benzene rings is 2. The van der Waals surface area contributed by atoms with Gasteiger partial charge >= 0.3 is 0 Å². The molecule has 0 atom stereocenters. The van der Waals surface area contributed by atoms with Crippen molar-refractivity contribution in [3.05, 3.63) is 48.3 Å². The first-order chi connectivity index (χ1) is 11.5. The second kappa shape index (κ2) is 6.68. The molecule has 3 rings (SSSR count). The zero-order valence-electron chi connectivity index (χ0n) is 13.2. The van der Waals surface area contributed by atoms with Crippen LogP contribution in [-0.2, 0) is 10.0 Å². The van der Waals surface area contributed by atoms with Gasteiger partial charge in [-0.05, 0) is 43.3 Å². The molecule has 1 heterocycles. The first-order valence-corrected chi connectivity index (χ1v) is 9.14. The lowest BCUT2D eigenvalue weighted by Gasteiger charge is -2.23. The van der Waals surface area contributed by atoms with E-state index >= 15 is 0 Å². The van der Waals surface area contributed by atoms with Crippen LogP contribution in [0.15, 0.2) is 47.4 Å². The van der Waals surface area contributed by atoms with Gasteiger partial charge in [0.1, 0.15) is 5.82 Å². The van der Waals surface area contributed by atoms with E-state index in [1.54, 1.807) is 13.0 Å². The van der Waals surface area contributed by atoms with Crippen LogP contribution in [0.2, 0.25) is 0 Å². The van der Waals surface area contributed by atoms with Crippen LogP contribution in [-0.4, -0.2) is 28.2 Å². The van der Waals surface area contributed by atoms with Crippen molar-refractivity contribution < 1.29 is 22.3 Å². The van der Waals surface area contributed by atoms with E-state index in [0.717, 1.165) is 6.42 Å². The molecule has 0 saturated heterocycles. The van der Waals surface area contributed by atoms with Crippen molar-refractivity contribution in [2.75, 3.05) is 24.1 Å². The Hall–Kier alpha value is -2.28. The molecule has 24 heavy (non-hydrogen) atoms. The second-order valence-electron chi connectivity index (χ2n) is 5.31. The molecule has 0 amide bonds. The number of hydrogen-bond acceptors (Lipinski definition) is 4. The summed E-state index contributed by atoms with van der Waals surface area (Å²) in [7, 11) is -3.79. The highest BCUT2D eigenvalue weighted by Gasteiger charge is 2.25. The maximum absolute atomic E-state index is 13.1. The van der Waals surface area contributed by atoms with E-state index in [1.807, 2.05) is 0 Å². The number of hydrogen-bond donors (Lipinski definition) is 0. The fraction of sp³-hybridized carbons (Fsp3) is 0.294. The highest BCUT2D eigenvalue weighted by molar-refractivity contribution is 7.92. The number of anilines is 1. The summed E-state index contributed by atoms with van der Waals surface area (Å²) >= 11 is 0. The van der Waals surface area contributed by atoms with Crippen LogP contribution in [0.4, 0.5) is 10.1 Å². The summed E-state index contributed by atoms with van der Waals surface area (Å²) in [4.78, 5) is 0.109. The van der Waals surface area contributed by atoms with Crippen molar-refractivity contribution in [2.24, 2.45) is 0 Å². The van der Waals surface area contributed by atoms with E-state index < -0.39 is 15.8 Å². The Balaban J connectivity index is 1.99. The predicted octanol–water partition coefficient (Wildman–Crippen LogP) is 3.20. The lowest BCUT2D eigenvalue weighted by Crippen LogP contribution is -2.30. The molecule has 0 aliphatic carbocycles. The van der Waals surface area contributed by atoms with E-state index in [1.165, 1.54) is 40.7 Å². The third kappa shape index (κ3) is 3.17. The maximum atomic E-state index is 13.1. The molecule has 0 spiro atoms. The number of nitrogens with zero attached hydrogens (tertiary/aromatic N) is 1. The topological polar surface area (TPSA) is 55.8 Å². The zero-order chi connectivity index (χ0) is 17.2. The van der Waals surface area contributed by atoms with E-state index in [9.17, 15) is 12.8 Å². The average molecular weight is 351 g/mol. The van der Waals surface area contributed by atoms with Gasteiger partial charge in [-0.15, -0.1) is 0 Å². The largest absolute Gasteiger partial charge is 0.490 e. The summed E-state index contributed by atoms with van der Waals surface area (Å²) in [6, 6.07) is 9.94. The van der Waals surface area contributed by atoms with Crippen LogP contribution >= 0.6 is 0 Å². The molecule has 2 aromatic carbocycles. The maximum Gasteiger partial charge on any atom is 0.264 e. The third-order valence-corrected chi connectivity index (χ3v) is 5.61. The molecule has 7 heteroatoms. The monoisotopic (exact) mass is 351 g/mol. The van der Waals surface area contributed by atoms with Crippen molar-refractivity contribution in [3.63, 3.8) is 0 Å². The van der Waals surface area contributed by atoms with Gasteiger partial charge in [0.15, 0.2) is 11.5 Å². The molecule has 0 bridgehead atoms. The Bertz CT molecular complexity index is 821. The van der Waals surface area contributed by atoms with Gasteiger partial charge in [0.25, 0.3) is 10.0 Å². The van der Waals surface area contributed by atoms with Crippen LogP contribution in [0.3, 0.4) is 0 Å². The summed E-state index contributed by atoms with van der Waals surface area (Å²) in [5.41, 5.74) is 0.408. The molecule has 0 unspecified atom stereocenters. The first kappa shape index (κ1) is 16.6. The molecule has 1 aliphatic rings. The van der Waals surface area contributed by atoms with Crippen LogP contribution < -0.4 is 13.8 Å². The van der Waals surface area contributed by atoms with Gasteiger partial charge in [-0.1, -0.05) is 0 Å². The van der Waals surface area contributed by atoms with Crippen LogP contribution in [0.25, 0.3) is 0 Å². The second-order valence-corrected chi connectivity index (χ2v) is 7.17. The molecular weight excluding hydrogens is 333 g/mol. The minimum absolute atomic E-state index is 0.109. The molecule has 0 aromatic heterocycles. The highest BCUT2D eigenvalue weighted by atomic mass is 32.2. The lowest BCUT2D eigenvalue weighted by atomic mass is 10.3. The van der Waals surface area contributed by atoms with E-state index in [2.05, 4.69) is 0 Å². The Morgan fingerprint density at radius 1 is 1.04 bits per heavy atom. The summed E-state index contributed by atoms with van der Waals surface area (Å²) in [5.74, 6) is 0.544. The number of rotatable bonds is 4. The van der Waals surface area contributed by atoms with Gasteiger partial charge in [-0.3, -0.25) is 4.31 Å². The number of fused-ring (bicyclic) bond motifs is 1. The quantitative estimate of drug-likeness (QED) is 0.849. The molecule has 128 valence electrons. The van der Waals surface area contributed by atoms with E-state index in [4.69, 9.17) is 9.47 Å². The molecular formula is C17H18FNO4S. The first-order valence-electron chi connectivity index (χ1n) is 7.70.